The van der Waals surface area contributed by atoms with Crippen molar-refractivity contribution in [2.75, 3.05) is 12.5 Å². The molecule has 0 aromatic rings. The fraction of sp³-hybridized carbons (Fsp3) is 0.667. The van der Waals surface area contributed by atoms with E-state index in [0.29, 0.717) is 12.3 Å². The van der Waals surface area contributed by atoms with Crippen LogP contribution in [0.1, 0.15) is 12.8 Å². The summed E-state index contributed by atoms with van der Waals surface area (Å²) in [6.45, 7) is -0.679. The quantitative estimate of drug-likeness (QED) is 0.262. The molecule has 0 radical (unpaired) electrons. The minimum atomic E-state index is -1.40. The number of ether oxygens (including phenoxy) is 1. The molecule has 0 aliphatic heterocycles. The van der Waals surface area contributed by atoms with Gasteiger partial charge < -0.3 is 14.6 Å². The number of esters is 1. The predicted octanol–water partition coefficient (Wildman–Crippen LogP) is -3.70. The first-order valence-corrected chi connectivity index (χ1v) is 3.61. The topological polar surface area (TPSA) is 66.4 Å². The largest absolute Gasteiger partial charge is 1.00 e. The molecule has 0 aliphatic carbocycles. The van der Waals surface area contributed by atoms with Gasteiger partial charge in [0.2, 0.25) is 0 Å². The average Bonchev–Trinajstić information content (AvgIpc) is 1.97. The summed E-state index contributed by atoms with van der Waals surface area (Å²) in [6, 6.07) is 0. The molecule has 0 N–H and O–H groups in total. The van der Waals surface area contributed by atoms with Gasteiger partial charge in [0, 0.05) is 12.3 Å². The van der Waals surface area contributed by atoms with Crippen LogP contribution in [-0.4, -0.2) is 24.4 Å². The fourth-order valence-corrected chi connectivity index (χ4v) is 0.556. The molecule has 4 nitrogen and oxygen atoms in total. The third-order valence-electron chi connectivity index (χ3n) is 0.866. The van der Waals surface area contributed by atoms with Crippen molar-refractivity contribution in [3.63, 3.8) is 0 Å². The van der Waals surface area contributed by atoms with E-state index in [2.05, 4.69) is 4.74 Å². The molecule has 0 atom stereocenters. The van der Waals surface area contributed by atoms with E-state index in [4.69, 9.17) is 11.6 Å². The van der Waals surface area contributed by atoms with Crippen molar-refractivity contribution in [1.29, 1.82) is 0 Å². The zero-order valence-electron chi connectivity index (χ0n) is 6.84. The molecule has 64 valence electrons. The van der Waals surface area contributed by atoms with Gasteiger partial charge in [0.15, 0.2) is 0 Å². The van der Waals surface area contributed by atoms with Crippen LogP contribution >= 0.6 is 11.6 Å². The first-order chi connectivity index (χ1) is 5.16. The third-order valence-corrected chi connectivity index (χ3v) is 1.13. The molecule has 0 bridgehead atoms. The maximum Gasteiger partial charge on any atom is 1.00 e. The molecule has 0 aromatic carbocycles. The SMILES string of the molecule is O=C([O-])COC(=O)CCCCl.[Na+]. The summed E-state index contributed by atoms with van der Waals surface area (Å²) < 4.78 is 4.25. The molecule has 0 rings (SSSR count). The number of carboxylic acids is 1. The van der Waals surface area contributed by atoms with Gasteiger partial charge in [-0.25, -0.2) is 0 Å². The first-order valence-electron chi connectivity index (χ1n) is 3.08. The van der Waals surface area contributed by atoms with E-state index < -0.39 is 18.5 Å². The van der Waals surface area contributed by atoms with Gasteiger partial charge in [-0.15, -0.1) is 11.6 Å². The van der Waals surface area contributed by atoms with Crippen LogP contribution in [0.5, 0.6) is 0 Å². The Kier molecular flexibility index (Phi) is 11.4. The second-order valence-electron chi connectivity index (χ2n) is 1.83. The van der Waals surface area contributed by atoms with Crippen molar-refractivity contribution in [3.8, 4) is 0 Å². The van der Waals surface area contributed by atoms with Crippen molar-refractivity contribution in [2.24, 2.45) is 0 Å². The number of halogens is 1. The summed E-state index contributed by atoms with van der Waals surface area (Å²) in [4.78, 5) is 20.3. The monoisotopic (exact) mass is 202 g/mol. The van der Waals surface area contributed by atoms with Gasteiger partial charge in [-0.3, -0.25) is 4.79 Å². The van der Waals surface area contributed by atoms with Crippen molar-refractivity contribution in [3.05, 3.63) is 0 Å². The second kappa shape index (κ2) is 9.32. The Labute approximate surface area is 97.5 Å². The number of hydrogen-bond donors (Lipinski definition) is 0. The van der Waals surface area contributed by atoms with Crippen molar-refractivity contribution in [2.45, 2.75) is 12.8 Å². The van der Waals surface area contributed by atoms with Crippen LogP contribution in [0.25, 0.3) is 0 Å². The summed E-state index contributed by atoms with van der Waals surface area (Å²) in [5.41, 5.74) is 0. The summed E-state index contributed by atoms with van der Waals surface area (Å²) >= 11 is 5.27. The van der Waals surface area contributed by atoms with Gasteiger partial charge in [0.1, 0.15) is 6.61 Å². The van der Waals surface area contributed by atoms with E-state index in [1.54, 1.807) is 0 Å². The summed E-state index contributed by atoms with van der Waals surface area (Å²) in [5, 5.41) is 9.76. The standard InChI is InChI=1S/C6H9ClO4.Na/c7-3-1-2-6(10)11-4-5(8)9;/h1-4H2,(H,8,9);/q;+1/p-1. The molecule has 0 spiro atoms. The van der Waals surface area contributed by atoms with Gasteiger partial charge in [-0.2, -0.15) is 0 Å². The van der Waals surface area contributed by atoms with Crippen LogP contribution in [0.4, 0.5) is 0 Å². The van der Waals surface area contributed by atoms with Crippen molar-refractivity contribution < 1.29 is 49.0 Å². The zero-order chi connectivity index (χ0) is 8.69. The van der Waals surface area contributed by atoms with E-state index >= 15 is 0 Å². The molecule has 0 aromatic heterocycles. The Balaban J connectivity index is 0. The number of aliphatic carboxylic acids is 1. The molecular formula is C6H8ClNaO4. The molecule has 6 heteroatoms. The Morgan fingerprint density at radius 3 is 2.42 bits per heavy atom. The van der Waals surface area contributed by atoms with Crippen LogP contribution in [0.15, 0.2) is 0 Å². The smallest absolute Gasteiger partial charge is 0.546 e. The minimum absolute atomic E-state index is 0. The molecule has 0 aliphatic rings. The number of hydrogen-bond acceptors (Lipinski definition) is 4. The summed E-state index contributed by atoms with van der Waals surface area (Å²) in [5.74, 6) is -1.60. The van der Waals surface area contributed by atoms with Crippen LogP contribution in [-0.2, 0) is 14.3 Å². The number of carboxylic acid groups (broad SMARTS) is 1. The van der Waals surface area contributed by atoms with Crippen molar-refractivity contribution >= 4 is 23.5 Å². The van der Waals surface area contributed by atoms with E-state index in [-0.39, 0.29) is 36.0 Å². The summed E-state index contributed by atoms with van der Waals surface area (Å²) in [7, 11) is 0. The minimum Gasteiger partial charge on any atom is -0.546 e. The molecular weight excluding hydrogens is 195 g/mol. The Bertz CT molecular complexity index is 150. The third kappa shape index (κ3) is 10.2. The van der Waals surface area contributed by atoms with Crippen LogP contribution in [0, 0.1) is 0 Å². The summed E-state index contributed by atoms with van der Waals surface area (Å²) in [6.07, 6.45) is 0.643. The zero-order valence-corrected chi connectivity index (χ0v) is 9.60. The van der Waals surface area contributed by atoms with Gasteiger partial charge in [-0.05, 0) is 6.42 Å². The molecule has 0 amide bonds. The number of carbonyl (C=O) groups is 2. The van der Waals surface area contributed by atoms with Crippen LogP contribution < -0.4 is 34.7 Å². The van der Waals surface area contributed by atoms with Crippen LogP contribution in [0.2, 0.25) is 0 Å². The Morgan fingerprint density at radius 2 is 2.00 bits per heavy atom. The van der Waals surface area contributed by atoms with Gasteiger partial charge in [0.25, 0.3) is 0 Å². The van der Waals surface area contributed by atoms with Crippen molar-refractivity contribution in [1.82, 2.24) is 0 Å². The molecule has 0 fully saturated rings. The molecule has 0 heterocycles. The van der Waals surface area contributed by atoms with Gasteiger partial charge in [0.05, 0.1) is 5.97 Å². The normalized spacial score (nSPS) is 8.42. The number of alkyl halides is 1. The average molecular weight is 203 g/mol. The van der Waals surface area contributed by atoms with Gasteiger partial charge in [-0.1, -0.05) is 0 Å². The van der Waals surface area contributed by atoms with Crippen LogP contribution in [0.3, 0.4) is 0 Å². The van der Waals surface area contributed by atoms with E-state index in [1.807, 2.05) is 0 Å². The van der Waals surface area contributed by atoms with Gasteiger partial charge >= 0.3 is 35.5 Å². The maximum atomic E-state index is 10.5. The van der Waals surface area contributed by atoms with E-state index in [9.17, 15) is 14.7 Å². The molecule has 0 saturated heterocycles. The predicted molar refractivity (Wildman–Crippen MR) is 35.9 cm³/mol. The molecule has 0 saturated carbocycles. The fourth-order valence-electron chi connectivity index (χ4n) is 0.423. The first kappa shape index (κ1) is 14.7. The molecule has 12 heavy (non-hydrogen) atoms. The maximum absolute atomic E-state index is 10.5. The van der Waals surface area contributed by atoms with E-state index in [1.165, 1.54) is 0 Å². The number of rotatable bonds is 5. The number of carbonyl (C=O) groups excluding carboxylic acids is 2. The van der Waals surface area contributed by atoms with E-state index in [0.717, 1.165) is 0 Å². The second-order valence-corrected chi connectivity index (χ2v) is 2.20. The Morgan fingerprint density at radius 1 is 1.42 bits per heavy atom. The molecule has 0 unspecified atom stereocenters. The Hall–Kier alpha value is 0.230.